The summed E-state index contributed by atoms with van der Waals surface area (Å²) in [6, 6.07) is 9.56. The Morgan fingerprint density at radius 2 is 2.00 bits per heavy atom. The fraction of sp³-hybridized carbons (Fsp3) is 0.250. The Balaban J connectivity index is 1.77. The number of carbonyl (C=O) groups is 1. The van der Waals surface area contributed by atoms with Crippen molar-refractivity contribution < 1.29 is 9.53 Å². The zero-order valence-corrected chi connectivity index (χ0v) is 15.7. The average Bonchev–Trinajstić information content (AvgIpc) is 2.66. The smallest absolute Gasteiger partial charge is 0.320 e. The third-order valence-electron chi connectivity index (χ3n) is 4.13. The van der Waals surface area contributed by atoms with E-state index in [1.807, 2.05) is 38.1 Å². The topological polar surface area (TPSA) is 88.2 Å². The van der Waals surface area contributed by atoms with Crippen LogP contribution in [0.5, 0.6) is 5.88 Å². The van der Waals surface area contributed by atoms with Gasteiger partial charge in [0.2, 0.25) is 5.88 Å². The first-order valence-electron chi connectivity index (χ1n) is 8.77. The number of hydrogen-bond donors (Lipinski definition) is 3. The zero-order chi connectivity index (χ0) is 19.2. The predicted octanol–water partition coefficient (Wildman–Crippen LogP) is 3.70. The summed E-state index contributed by atoms with van der Waals surface area (Å²) in [4.78, 5) is 20.2. The van der Waals surface area contributed by atoms with E-state index < -0.39 is 0 Å². The summed E-state index contributed by atoms with van der Waals surface area (Å²) in [7, 11) is 1.60. The van der Waals surface area contributed by atoms with Crippen molar-refractivity contribution in [2.45, 2.75) is 20.4 Å². The van der Waals surface area contributed by atoms with Gasteiger partial charge in [-0.2, -0.15) is 0 Å². The highest BCUT2D eigenvalue weighted by atomic mass is 16.5. The van der Waals surface area contributed by atoms with E-state index in [0.29, 0.717) is 24.8 Å². The molecule has 0 radical (unpaired) electrons. The standard InChI is InChI=1S/C20H23N5O2/c1-4-21-20(26)25-18-9-15-8-16(7-13(2)17(15)12-23-18)22-10-14-5-6-19(27-3)24-11-14/h5-9,11-12,22H,4,10H2,1-3H3,(H2,21,23,25,26). The summed E-state index contributed by atoms with van der Waals surface area (Å²) < 4.78 is 5.08. The highest BCUT2D eigenvalue weighted by molar-refractivity contribution is 5.94. The van der Waals surface area contributed by atoms with Gasteiger partial charge in [-0.05, 0) is 48.6 Å². The van der Waals surface area contributed by atoms with Gasteiger partial charge < -0.3 is 15.4 Å². The van der Waals surface area contributed by atoms with E-state index in [4.69, 9.17) is 4.74 Å². The molecule has 0 aliphatic rings. The molecule has 0 unspecified atom stereocenters. The highest BCUT2D eigenvalue weighted by Gasteiger charge is 2.06. The number of benzene rings is 1. The summed E-state index contributed by atoms with van der Waals surface area (Å²) in [5.74, 6) is 1.12. The first-order chi connectivity index (χ1) is 13.1. The molecule has 140 valence electrons. The van der Waals surface area contributed by atoms with Crippen molar-refractivity contribution in [1.29, 1.82) is 0 Å². The fourth-order valence-electron chi connectivity index (χ4n) is 2.77. The van der Waals surface area contributed by atoms with Gasteiger partial charge in [0.25, 0.3) is 0 Å². The number of hydrogen-bond acceptors (Lipinski definition) is 5. The monoisotopic (exact) mass is 365 g/mol. The number of carbonyl (C=O) groups excluding carboxylic acids is 1. The van der Waals surface area contributed by atoms with Crippen LogP contribution in [0.2, 0.25) is 0 Å². The second-order valence-corrected chi connectivity index (χ2v) is 6.13. The van der Waals surface area contributed by atoms with Gasteiger partial charge in [-0.15, -0.1) is 0 Å². The number of nitrogens with zero attached hydrogens (tertiary/aromatic N) is 2. The lowest BCUT2D eigenvalue weighted by Gasteiger charge is -2.11. The molecule has 3 aromatic rings. The van der Waals surface area contributed by atoms with Crippen LogP contribution in [0.4, 0.5) is 16.3 Å². The van der Waals surface area contributed by atoms with Crippen molar-refractivity contribution >= 4 is 28.3 Å². The Kier molecular flexibility index (Phi) is 5.71. The maximum absolute atomic E-state index is 11.7. The quantitative estimate of drug-likeness (QED) is 0.620. The van der Waals surface area contributed by atoms with E-state index in [-0.39, 0.29) is 6.03 Å². The molecule has 1 aromatic carbocycles. The Labute approximate surface area is 158 Å². The number of anilines is 2. The SMILES string of the molecule is CCNC(=O)Nc1cc2cc(NCc3ccc(OC)nc3)cc(C)c2cn1. The van der Waals surface area contributed by atoms with Gasteiger partial charge in [0.1, 0.15) is 5.82 Å². The number of pyridine rings is 2. The van der Waals surface area contributed by atoms with Crippen LogP contribution in [0.1, 0.15) is 18.1 Å². The van der Waals surface area contributed by atoms with Gasteiger partial charge in [-0.3, -0.25) is 5.32 Å². The lowest BCUT2D eigenvalue weighted by atomic mass is 10.1. The average molecular weight is 365 g/mol. The normalized spacial score (nSPS) is 10.5. The van der Waals surface area contributed by atoms with E-state index >= 15 is 0 Å². The van der Waals surface area contributed by atoms with Crippen LogP contribution in [0, 0.1) is 6.92 Å². The Morgan fingerprint density at radius 1 is 1.15 bits per heavy atom. The molecular weight excluding hydrogens is 342 g/mol. The van der Waals surface area contributed by atoms with Crippen LogP contribution >= 0.6 is 0 Å². The molecule has 0 bridgehead atoms. The number of fused-ring (bicyclic) bond motifs is 1. The first-order valence-corrected chi connectivity index (χ1v) is 8.77. The third kappa shape index (κ3) is 4.63. The van der Waals surface area contributed by atoms with E-state index in [0.717, 1.165) is 27.6 Å². The van der Waals surface area contributed by atoms with Crippen LogP contribution in [0.25, 0.3) is 10.8 Å². The number of rotatable bonds is 6. The molecule has 2 amide bonds. The van der Waals surface area contributed by atoms with Gasteiger partial charge in [0, 0.05) is 42.6 Å². The van der Waals surface area contributed by atoms with Crippen molar-refractivity contribution in [2.75, 3.05) is 24.3 Å². The molecule has 0 aliphatic carbocycles. The lowest BCUT2D eigenvalue weighted by molar-refractivity contribution is 0.252. The minimum absolute atomic E-state index is 0.262. The van der Waals surface area contributed by atoms with Crippen LogP contribution < -0.4 is 20.7 Å². The third-order valence-corrected chi connectivity index (χ3v) is 4.13. The maximum atomic E-state index is 11.7. The second kappa shape index (κ2) is 8.35. The lowest BCUT2D eigenvalue weighted by Crippen LogP contribution is -2.28. The molecule has 0 saturated carbocycles. The van der Waals surface area contributed by atoms with Crippen molar-refractivity contribution in [2.24, 2.45) is 0 Å². The Morgan fingerprint density at radius 3 is 2.70 bits per heavy atom. The summed E-state index contributed by atoms with van der Waals surface area (Å²) in [5, 5.41) is 10.9. The molecule has 3 rings (SSSR count). The zero-order valence-electron chi connectivity index (χ0n) is 15.7. The van der Waals surface area contributed by atoms with Crippen LogP contribution in [0.3, 0.4) is 0 Å². The molecule has 0 fully saturated rings. The molecule has 27 heavy (non-hydrogen) atoms. The van der Waals surface area contributed by atoms with E-state index in [1.54, 1.807) is 19.5 Å². The molecule has 0 spiro atoms. The van der Waals surface area contributed by atoms with Gasteiger partial charge in [-0.25, -0.2) is 14.8 Å². The molecule has 2 heterocycles. The molecular formula is C20H23N5O2. The Bertz CT molecular complexity index is 941. The summed E-state index contributed by atoms with van der Waals surface area (Å²) in [5.41, 5.74) is 3.16. The summed E-state index contributed by atoms with van der Waals surface area (Å²) in [6.07, 6.45) is 3.57. The van der Waals surface area contributed by atoms with Crippen molar-refractivity contribution in [1.82, 2.24) is 15.3 Å². The maximum Gasteiger partial charge on any atom is 0.320 e. The molecule has 7 nitrogen and oxygen atoms in total. The summed E-state index contributed by atoms with van der Waals surface area (Å²) in [6.45, 7) is 5.12. The highest BCUT2D eigenvalue weighted by Crippen LogP contribution is 2.25. The van der Waals surface area contributed by atoms with E-state index in [9.17, 15) is 4.79 Å². The van der Waals surface area contributed by atoms with E-state index in [2.05, 4.69) is 32.0 Å². The second-order valence-electron chi connectivity index (χ2n) is 6.13. The van der Waals surface area contributed by atoms with Gasteiger partial charge in [-0.1, -0.05) is 6.07 Å². The number of urea groups is 1. The number of amides is 2. The molecule has 7 heteroatoms. The minimum Gasteiger partial charge on any atom is -0.481 e. The number of ether oxygens (including phenoxy) is 1. The number of methoxy groups -OCH3 is 1. The predicted molar refractivity (Wildman–Crippen MR) is 107 cm³/mol. The van der Waals surface area contributed by atoms with Crippen LogP contribution in [-0.4, -0.2) is 29.7 Å². The molecule has 0 atom stereocenters. The number of aryl methyl sites for hydroxylation is 1. The van der Waals surface area contributed by atoms with Gasteiger partial charge >= 0.3 is 6.03 Å². The van der Waals surface area contributed by atoms with Crippen molar-refractivity contribution in [3.05, 3.63) is 53.9 Å². The van der Waals surface area contributed by atoms with Gasteiger partial charge in [0.15, 0.2) is 0 Å². The fourth-order valence-corrected chi connectivity index (χ4v) is 2.77. The molecule has 0 aliphatic heterocycles. The molecule has 3 N–H and O–H groups in total. The first kappa shape index (κ1) is 18.4. The number of nitrogens with one attached hydrogen (secondary N) is 3. The van der Waals surface area contributed by atoms with Crippen LogP contribution in [-0.2, 0) is 6.54 Å². The molecule has 0 saturated heterocycles. The van der Waals surface area contributed by atoms with Crippen molar-refractivity contribution in [3.63, 3.8) is 0 Å². The minimum atomic E-state index is -0.262. The Hall–Kier alpha value is -3.35. The molecule has 2 aromatic heterocycles. The van der Waals surface area contributed by atoms with Crippen molar-refractivity contribution in [3.8, 4) is 5.88 Å². The van der Waals surface area contributed by atoms with E-state index in [1.165, 1.54) is 0 Å². The van der Waals surface area contributed by atoms with Crippen LogP contribution in [0.15, 0.2) is 42.7 Å². The largest absolute Gasteiger partial charge is 0.481 e. The number of aromatic nitrogens is 2. The summed E-state index contributed by atoms with van der Waals surface area (Å²) >= 11 is 0. The van der Waals surface area contributed by atoms with Gasteiger partial charge in [0.05, 0.1) is 7.11 Å².